The van der Waals surface area contributed by atoms with Crippen molar-refractivity contribution in [3.05, 3.63) is 93.4 Å². The van der Waals surface area contributed by atoms with Gasteiger partial charge in [-0.1, -0.05) is 35.5 Å². The Bertz CT molecular complexity index is 1060. The SMILES string of the molecule is Cc1cc(OCc2ccc(C(=O)O/N=C(\N)c3ccccc3)o2)ccc1[N+](=O)[O-]. The molecular weight excluding hydrogens is 378 g/mol. The predicted octanol–water partition coefficient (Wildman–Crippen LogP) is 3.55. The molecule has 0 saturated heterocycles. The molecule has 0 unspecified atom stereocenters. The van der Waals surface area contributed by atoms with Crippen LogP contribution in [-0.2, 0) is 11.4 Å². The highest BCUT2D eigenvalue weighted by Crippen LogP contribution is 2.24. The number of nitro groups is 1. The van der Waals surface area contributed by atoms with Crippen LogP contribution in [0.1, 0.15) is 27.4 Å². The van der Waals surface area contributed by atoms with Crippen molar-refractivity contribution in [3.63, 3.8) is 0 Å². The summed E-state index contributed by atoms with van der Waals surface area (Å²) in [6.45, 7) is 1.65. The number of amidine groups is 1. The Kier molecular flexibility index (Phi) is 5.88. The number of rotatable bonds is 7. The lowest BCUT2D eigenvalue weighted by molar-refractivity contribution is -0.385. The van der Waals surface area contributed by atoms with E-state index in [0.717, 1.165) is 0 Å². The van der Waals surface area contributed by atoms with Crippen molar-refractivity contribution in [2.24, 2.45) is 10.9 Å². The van der Waals surface area contributed by atoms with Gasteiger partial charge in [-0.05, 0) is 31.2 Å². The number of carbonyl (C=O) groups is 1. The van der Waals surface area contributed by atoms with Gasteiger partial charge < -0.3 is 19.7 Å². The number of hydrogen-bond acceptors (Lipinski definition) is 7. The van der Waals surface area contributed by atoms with Gasteiger partial charge in [0.05, 0.1) is 4.92 Å². The summed E-state index contributed by atoms with van der Waals surface area (Å²) in [4.78, 5) is 27.2. The molecular formula is C20H17N3O6. The summed E-state index contributed by atoms with van der Waals surface area (Å²) in [5.74, 6) is -0.00108. The molecule has 0 aliphatic rings. The lowest BCUT2D eigenvalue weighted by Crippen LogP contribution is -2.15. The highest BCUT2D eigenvalue weighted by atomic mass is 16.7. The third kappa shape index (κ3) is 4.98. The van der Waals surface area contributed by atoms with Gasteiger partial charge in [0.1, 0.15) is 18.1 Å². The highest BCUT2D eigenvalue weighted by molar-refractivity contribution is 5.97. The van der Waals surface area contributed by atoms with E-state index in [9.17, 15) is 14.9 Å². The number of benzene rings is 2. The van der Waals surface area contributed by atoms with Crippen LogP contribution in [0.5, 0.6) is 5.75 Å². The minimum Gasteiger partial charge on any atom is -0.486 e. The maximum atomic E-state index is 12.0. The maximum Gasteiger partial charge on any atom is 0.400 e. The monoisotopic (exact) mass is 395 g/mol. The van der Waals surface area contributed by atoms with Crippen molar-refractivity contribution in [3.8, 4) is 5.75 Å². The lowest BCUT2D eigenvalue weighted by Gasteiger charge is -2.05. The quantitative estimate of drug-likeness (QED) is 0.213. The average Bonchev–Trinajstić information content (AvgIpc) is 3.20. The van der Waals surface area contributed by atoms with E-state index in [1.807, 2.05) is 6.07 Å². The van der Waals surface area contributed by atoms with Gasteiger partial charge in [0.15, 0.2) is 5.84 Å². The third-order valence-corrected chi connectivity index (χ3v) is 3.91. The van der Waals surface area contributed by atoms with Crippen molar-refractivity contribution < 1.29 is 23.7 Å². The zero-order chi connectivity index (χ0) is 20.8. The maximum absolute atomic E-state index is 12.0. The smallest absolute Gasteiger partial charge is 0.400 e. The van der Waals surface area contributed by atoms with Gasteiger partial charge in [0.25, 0.3) is 5.69 Å². The van der Waals surface area contributed by atoms with Crippen LogP contribution in [0.3, 0.4) is 0 Å². The topological polar surface area (TPSA) is 130 Å². The van der Waals surface area contributed by atoms with Crippen LogP contribution in [0, 0.1) is 17.0 Å². The summed E-state index contributed by atoms with van der Waals surface area (Å²) in [7, 11) is 0. The van der Waals surface area contributed by atoms with Crippen LogP contribution in [0.2, 0.25) is 0 Å². The minimum atomic E-state index is -0.804. The van der Waals surface area contributed by atoms with Crippen molar-refractivity contribution in [1.82, 2.24) is 0 Å². The normalized spacial score (nSPS) is 11.1. The first-order valence-corrected chi connectivity index (χ1v) is 8.51. The standard InChI is InChI=1S/C20H17N3O6/c1-13-11-15(7-9-17(13)23(25)26)27-12-16-8-10-18(28-16)20(24)29-22-19(21)14-5-3-2-4-6-14/h2-11H,12H2,1H3,(H2,21,22). The van der Waals surface area contributed by atoms with Gasteiger partial charge in [-0.25, -0.2) is 4.79 Å². The molecule has 2 N–H and O–H groups in total. The fourth-order valence-corrected chi connectivity index (χ4v) is 2.44. The van der Waals surface area contributed by atoms with E-state index in [4.69, 9.17) is 19.7 Å². The van der Waals surface area contributed by atoms with Crippen LogP contribution >= 0.6 is 0 Å². The van der Waals surface area contributed by atoms with Gasteiger partial charge >= 0.3 is 5.97 Å². The van der Waals surface area contributed by atoms with Crippen molar-refractivity contribution in [2.75, 3.05) is 0 Å². The molecule has 2 aromatic carbocycles. The molecule has 0 fully saturated rings. The summed E-state index contributed by atoms with van der Waals surface area (Å²) in [6, 6.07) is 16.2. The van der Waals surface area contributed by atoms with Gasteiger partial charge in [0.2, 0.25) is 5.76 Å². The molecule has 9 nitrogen and oxygen atoms in total. The first-order chi connectivity index (χ1) is 13.9. The molecule has 1 aromatic heterocycles. The van der Waals surface area contributed by atoms with Gasteiger partial charge in [-0.3, -0.25) is 10.1 Å². The lowest BCUT2D eigenvalue weighted by atomic mass is 10.2. The molecule has 0 atom stereocenters. The summed E-state index contributed by atoms with van der Waals surface area (Å²) in [6.07, 6.45) is 0. The van der Waals surface area contributed by atoms with E-state index in [2.05, 4.69) is 5.16 Å². The molecule has 3 aromatic rings. The molecule has 0 spiro atoms. The Hall–Kier alpha value is -4.14. The number of aryl methyl sites for hydroxylation is 1. The van der Waals surface area contributed by atoms with Crippen LogP contribution in [0.25, 0.3) is 0 Å². The summed E-state index contributed by atoms with van der Waals surface area (Å²) in [5.41, 5.74) is 6.86. The number of carbonyl (C=O) groups excluding carboxylic acids is 1. The Labute approximate surface area is 165 Å². The zero-order valence-electron chi connectivity index (χ0n) is 15.4. The fourth-order valence-electron chi connectivity index (χ4n) is 2.44. The summed E-state index contributed by atoms with van der Waals surface area (Å²) in [5, 5.41) is 14.4. The Morgan fingerprint density at radius 1 is 1.17 bits per heavy atom. The van der Waals surface area contributed by atoms with Crippen LogP contribution in [-0.4, -0.2) is 16.7 Å². The van der Waals surface area contributed by atoms with E-state index < -0.39 is 10.9 Å². The van der Waals surface area contributed by atoms with E-state index in [-0.39, 0.29) is 23.9 Å². The fraction of sp³-hybridized carbons (Fsp3) is 0.100. The van der Waals surface area contributed by atoms with E-state index in [1.165, 1.54) is 18.2 Å². The first kappa shape index (κ1) is 19.6. The first-order valence-electron chi connectivity index (χ1n) is 8.51. The Balaban J connectivity index is 1.58. The third-order valence-electron chi connectivity index (χ3n) is 3.91. The van der Waals surface area contributed by atoms with Crippen LogP contribution in [0.4, 0.5) is 5.69 Å². The molecule has 0 saturated carbocycles. The number of ether oxygens (including phenoxy) is 1. The molecule has 0 amide bonds. The molecule has 148 valence electrons. The van der Waals surface area contributed by atoms with E-state index >= 15 is 0 Å². The largest absolute Gasteiger partial charge is 0.486 e. The number of nitro benzene ring substituents is 1. The van der Waals surface area contributed by atoms with Gasteiger partial charge in [-0.15, -0.1) is 0 Å². The second-order valence-corrected chi connectivity index (χ2v) is 5.98. The van der Waals surface area contributed by atoms with E-state index in [0.29, 0.717) is 22.6 Å². The molecule has 1 heterocycles. The second-order valence-electron chi connectivity index (χ2n) is 5.98. The average molecular weight is 395 g/mol. The molecule has 29 heavy (non-hydrogen) atoms. The Morgan fingerprint density at radius 2 is 1.93 bits per heavy atom. The van der Waals surface area contributed by atoms with Crippen molar-refractivity contribution in [2.45, 2.75) is 13.5 Å². The highest BCUT2D eigenvalue weighted by Gasteiger charge is 2.15. The molecule has 9 heteroatoms. The minimum absolute atomic E-state index is 0.00992. The number of nitrogens with two attached hydrogens (primary N) is 1. The zero-order valence-corrected chi connectivity index (χ0v) is 15.4. The molecule has 0 aliphatic carbocycles. The number of hydrogen-bond donors (Lipinski definition) is 1. The van der Waals surface area contributed by atoms with Gasteiger partial charge in [-0.2, -0.15) is 0 Å². The molecule has 0 bridgehead atoms. The van der Waals surface area contributed by atoms with Crippen LogP contribution in [0.15, 0.2) is 70.2 Å². The van der Waals surface area contributed by atoms with Crippen molar-refractivity contribution in [1.29, 1.82) is 0 Å². The molecule has 0 aliphatic heterocycles. The molecule has 0 radical (unpaired) electrons. The van der Waals surface area contributed by atoms with E-state index in [1.54, 1.807) is 43.3 Å². The number of oxime groups is 1. The van der Waals surface area contributed by atoms with Crippen LogP contribution < -0.4 is 10.5 Å². The molecule has 3 rings (SSSR count). The van der Waals surface area contributed by atoms with Crippen molar-refractivity contribution >= 4 is 17.5 Å². The van der Waals surface area contributed by atoms with Gasteiger partial charge in [0, 0.05) is 17.2 Å². The second kappa shape index (κ2) is 8.70. The number of furan rings is 1. The number of nitrogens with zero attached hydrogens (tertiary/aromatic N) is 2. The summed E-state index contributed by atoms with van der Waals surface area (Å²) < 4.78 is 10.9. The predicted molar refractivity (Wildman–Crippen MR) is 103 cm³/mol. The Morgan fingerprint density at radius 3 is 2.62 bits per heavy atom. The summed E-state index contributed by atoms with van der Waals surface area (Å²) >= 11 is 0.